The molecule has 0 atom stereocenters. The molecule has 3 aromatic heterocycles. The van der Waals surface area contributed by atoms with Crippen LogP contribution in [-0.4, -0.2) is 9.97 Å². The van der Waals surface area contributed by atoms with Gasteiger partial charge in [-0.25, -0.2) is 0 Å². The van der Waals surface area contributed by atoms with Gasteiger partial charge in [-0.1, -0.05) is 78.5 Å². The van der Waals surface area contributed by atoms with Crippen LogP contribution in [-0.2, 0) is 26.3 Å². The number of halogens is 3. The summed E-state index contributed by atoms with van der Waals surface area (Å²) < 4.78 is 139. The Labute approximate surface area is 341 Å². The summed E-state index contributed by atoms with van der Waals surface area (Å²) in [7, 11) is 0. The monoisotopic (exact) mass is 903 g/mol. The molecule has 0 unspecified atom stereocenters. The number of furan rings is 1. The van der Waals surface area contributed by atoms with Gasteiger partial charge in [0, 0.05) is 54.3 Å². The number of hydrogen-bond acceptors (Lipinski definition) is 3. The van der Waals surface area contributed by atoms with Crippen LogP contribution in [0.25, 0.3) is 77.1 Å². The maximum absolute atomic E-state index is 13.6. The van der Waals surface area contributed by atoms with Crippen LogP contribution in [0.1, 0.15) is 44.3 Å². The summed E-state index contributed by atoms with van der Waals surface area (Å²) >= 11 is 0. The zero-order valence-electron chi connectivity index (χ0n) is 39.9. The molecule has 0 N–H and O–H groups in total. The van der Waals surface area contributed by atoms with Crippen molar-refractivity contribution in [3.8, 4) is 33.6 Å². The average molecular weight is 903 g/mol. The van der Waals surface area contributed by atoms with E-state index in [-0.39, 0.29) is 53.6 Å². The second-order valence-electron chi connectivity index (χ2n) is 12.4. The second kappa shape index (κ2) is 14.7. The fraction of sp³-hybridized carbons (Fsp3) is 0.106. The molecule has 1 radical (unpaired) electrons. The first-order valence-corrected chi connectivity index (χ1v) is 16.3. The Morgan fingerprint density at radius 2 is 1.44 bits per heavy atom. The molecule has 0 aliphatic heterocycles. The van der Waals surface area contributed by atoms with Gasteiger partial charge < -0.3 is 14.4 Å². The Morgan fingerprint density at radius 1 is 0.630 bits per heavy atom. The summed E-state index contributed by atoms with van der Waals surface area (Å²) in [6.07, 6.45) is -2.39. The van der Waals surface area contributed by atoms with E-state index in [0.717, 1.165) is 50.6 Å². The predicted molar refractivity (Wildman–Crippen MR) is 209 cm³/mol. The smallest absolute Gasteiger partial charge is 0.416 e. The third-order valence-electron chi connectivity index (χ3n) is 8.95. The standard InChI is InChI=1S/C34H21F3NO.C13H12N.Ir/c1-19-14-23(34(35,36)37)12-13-24(19)28-16-31(38-18-20(28)2)27-9-5-8-26-30-15-22-11-10-21-6-3-4-7-25(21)29(22)17-32(30)39-33(26)27;1-10-3-6-12(7-4-10)13-8-5-11(2)9-14-13;/h3-8,10-18H,1-2H3;3-6,8-9H,1-2H3;/q2*-1;/i2*1D3,2D3;. The summed E-state index contributed by atoms with van der Waals surface area (Å²) in [6, 6.07) is 36.9. The minimum Gasteiger partial charge on any atom is -0.501 e. The second-order valence-corrected chi connectivity index (χ2v) is 12.4. The first kappa shape index (κ1) is 24.6. The molecule has 0 saturated carbocycles. The van der Waals surface area contributed by atoms with Gasteiger partial charge in [0.15, 0.2) is 0 Å². The zero-order valence-corrected chi connectivity index (χ0v) is 30.3. The fourth-order valence-corrected chi connectivity index (χ4v) is 6.34. The average Bonchev–Trinajstić information content (AvgIpc) is 3.61. The molecule has 269 valence electrons. The van der Waals surface area contributed by atoms with Crippen molar-refractivity contribution in [3.05, 3.63) is 168 Å². The number of rotatable bonds is 3. The van der Waals surface area contributed by atoms with Gasteiger partial charge in [-0.2, -0.15) is 13.2 Å². The summed E-state index contributed by atoms with van der Waals surface area (Å²) in [5.41, 5.74) is 0.889. The number of aromatic nitrogens is 2. The Bertz CT molecular complexity index is 3200. The molecular weight excluding hydrogens is 858 g/mol. The third-order valence-corrected chi connectivity index (χ3v) is 8.95. The Morgan fingerprint density at radius 3 is 2.20 bits per heavy atom. The molecule has 9 rings (SSSR count). The molecule has 3 nitrogen and oxygen atoms in total. The molecule has 54 heavy (non-hydrogen) atoms. The van der Waals surface area contributed by atoms with Gasteiger partial charge in [-0.3, -0.25) is 0 Å². The number of fused-ring (bicyclic) bond motifs is 6. The first-order valence-electron chi connectivity index (χ1n) is 22.3. The van der Waals surface area contributed by atoms with Crippen LogP contribution in [0.4, 0.5) is 13.2 Å². The maximum Gasteiger partial charge on any atom is 0.416 e. The van der Waals surface area contributed by atoms with Crippen LogP contribution in [0.15, 0.2) is 132 Å². The van der Waals surface area contributed by atoms with Crippen LogP contribution in [0.5, 0.6) is 0 Å². The topological polar surface area (TPSA) is 38.9 Å². The van der Waals surface area contributed by atoms with E-state index in [2.05, 4.69) is 28.2 Å². The summed E-state index contributed by atoms with van der Waals surface area (Å²) in [5.74, 6) is 0. The molecule has 0 spiro atoms. The molecule has 7 heteroatoms. The Balaban J connectivity index is 0.000000260. The van der Waals surface area contributed by atoms with E-state index >= 15 is 0 Å². The van der Waals surface area contributed by atoms with Gasteiger partial charge in [0.1, 0.15) is 5.58 Å². The number of nitrogens with zero attached hydrogens (tertiary/aromatic N) is 2. The fourth-order valence-electron chi connectivity index (χ4n) is 6.34. The maximum atomic E-state index is 13.6. The summed E-state index contributed by atoms with van der Waals surface area (Å²) in [4.78, 5) is 8.47. The minimum atomic E-state index is -4.79. The van der Waals surface area contributed by atoms with Crippen molar-refractivity contribution in [3.63, 3.8) is 0 Å². The van der Waals surface area contributed by atoms with Crippen molar-refractivity contribution < 1.29 is 54.1 Å². The molecular formula is C47H33F3IrN2O-2. The number of benzene rings is 6. The van der Waals surface area contributed by atoms with Crippen molar-refractivity contribution in [2.45, 2.75) is 33.6 Å². The third kappa shape index (κ3) is 7.05. The van der Waals surface area contributed by atoms with Crippen molar-refractivity contribution in [1.29, 1.82) is 0 Å². The van der Waals surface area contributed by atoms with E-state index in [1.165, 1.54) is 30.5 Å². The van der Waals surface area contributed by atoms with E-state index in [4.69, 9.17) is 20.9 Å². The van der Waals surface area contributed by atoms with Crippen LogP contribution in [0.3, 0.4) is 0 Å². The van der Waals surface area contributed by atoms with Gasteiger partial charge >= 0.3 is 6.18 Å². The number of hydrogen-bond donors (Lipinski definition) is 0. The van der Waals surface area contributed by atoms with Crippen LogP contribution in [0, 0.1) is 39.5 Å². The van der Waals surface area contributed by atoms with Gasteiger partial charge in [0.25, 0.3) is 0 Å². The van der Waals surface area contributed by atoms with Crippen LogP contribution in [0.2, 0.25) is 0 Å². The number of pyridine rings is 2. The molecule has 6 aromatic carbocycles. The molecule has 0 saturated heterocycles. The Kier molecular flexibility index (Phi) is 6.69. The number of alkyl halides is 3. The van der Waals surface area contributed by atoms with E-state index in [1.54, 1.807) is 18.2 Å². The van der Waals surface area contributed by atoms with Crippen molar-refractivity contribution >= 4 is 43.5 Å². The van der Waals surface area contributed by atoms with E-state index < -0.39 is 44.7 Å². The van der Waals surface area contributed by atoms with Gasteiger partial charge in [0.05, 0.1) is 11.1 Å². The van der Waals surface area contributed by atoms with Crippen molar-refractivity contribution in [1.82, 2.24) is 9.97 Å². The first-order chi connectivity index (χ1) is 30.4. The van der Waals surface area contributed by atoms with Crippen LogP contribution >= 0.6 is 0 Å². The van der Waals surface area contributed by atoms with Crippen molar-refractivity contribution in [2.24, 2.45) is 0 Å². The van der Waals surface area contributed by atoms with Crippen molar-refractivity contribution in [2.75, 3.05) is 0 Å². The molecule has 0 aliphatic rings. The molecule has 0 bridgehead atoms. The zero-order chi connectivity index (χ0) is 46.9. The van der Waals surface area contributed by atoms with E-state index in [1.807, 2.05) is 48.5 Å². The predicted octanol–water partition coefficient (Wildman–Crippen LogP) is 13.2. The molecule has 0 amide bonds. The number of aryl methyl sites for hydroxylation is 4. The largest absolute Gasteiger partial charge is 0.501 e. The summed E-state index contributed by atoms with van der Waals surface area (Å²) in [5, 5.41) is 5.77. The molecule has 3 heterocycles. The van der Waals surface area contributed by atoms with E-state index in [0.29, 0.717) is 34.1 Å². The molecule has 0 aliphatic carbocycles. The molecule has 0 fully saturated rings. The minimum absolute atomic E-state index is 0. The van der Waals surface area contributed by atoms with Gasteiger partial charge in [-0.15, -0.1) is 53.6 Å². The van der Waals surface area contributed by atoms with Gasteiger partial charge in [0.2, 0.25) is 0 Å². The quantitative estimate of drug-likeness (QED) is 0.131. The summed E-state index contributed by atoms with van der Waals surface area (Å²) in [6.45, 7) is -10.1. The SMILES string of the molecule is [2H]C([2H])([2H])c1c[c-]c(-c2ccc(C([2H])([2H])[2H])cn2)cc1.[2H]C([2H])([2H])c1cnc(-c2[c-]ccc3c2oc2cc4c(ccc5ccccc54)cc23)cc1-c1ccc(C(F)(F)F)cc1C([2H])([2H])[2H].[Ir]. The van der Waals surface area contributed by atoms with Gasteiger partial charge in [-0.05, 0) is 106 Å². The van der Waals surface area contributed by atoms with Crippen LogP contribution < -0.4 is 0 Å². The Hall–Kier alpha value is -5.62. The normalized spacial score (nSPS) is 15.7. The molecule has 9 aromatic rings. The van der Waals surface area contributed by atoms with E-state index in [9.17, 15) is 13.2 Å².